The van der Waals surface area contributed by atoms with Crippen LogP contribution in [0.2, 0.25) is 0 Å². The lowest BCUT2D eigenvalue weighted by atomic mass is 9.97. The van der Waals surface area contributed by atoms with E-state index in [2.05, 4.69) is 55.6 Å². The summed E-state index contributed by atoms with van der Waals surface area (Å²) in [5.74, 6) is -0.201. The highest BCUT2D eigenvalue weighted by Gasteiger charge is 2.51. The summed E-state index contributed by atoms with van der Waals surface area (Å²) in [6.07, 6.45) is 56.1. The molecule has 0 bridgehead atoms. The second kappa shape index (κ2) is 57.1. The molecule has 2 aliphatic heterocycles. The number of carbonyl (C=O) groups is 1. The molecule has 12 atom stereocenters. The Bertz CT molecular complexity index is 1580. The number of hydrogen-bond acceptors (Lipinski definition) is 13. The van der Waals surface area contributed by atoms with Crippen LogP contribution in [0, 0.1) is 0 Å². The van der Waals surface area contributed by atoms with Gasteiger partial charge in [0.05, 0.1) is 32.0 Å². The molecular weight excluding hydrogens is 1090 g/mol. The molecule has 9 N–H and O–H groups in total. The van der Waals surface area contributed by atoms with Crippen molar-refractivity contribution in [2.24, 2.45) is 0 Å². The fraction of sp³-hybridized carbons (Fsp3) is 0.903. The van der Waals surface area contributed by atoms with E-state index in [0.29, 0.717) is 12.8 Å². The first-order valence-electron chi connectivity index (χ1n) is 36.2. The lowest BCUT2D eigenvalue weighted by Gasteiger charge is -2.46. The van der Waals surface area contributed by atoms with E-state index in [1.807, 2.05) is 0 Å². The molecule has 86 heavy (non-hydrogen) atoms. The van der Waals surface area contributed by atoms with Crippen LogP contribution >= 0.6 is 0 Å². The minimum absolute atomic E-state index is 0.201. The van der Waals surface area contributed by atoms with E-state index < -0.39 is 86.8 Å². The maximum absolute atomic E-state index is 13.3. The summed E-state index contributed by atoms with van der Waals surface area (Å²) in [5, 5.41) is 87.5. The maximum Gasteiger partial charge on any atom is 0.220 e. The van der Waals surface area contributed by atoms with Crippen LogP contribution in [0.5, 0.6) is 0 Å². The number of allylic oxidation sites excluding steroid dienone is 6. The van der Waals surface area contributed by atoms with Crippen molar-refractivity contribution >= 4 is 5.91 Å². The number of rotatable bonds is 60. The molecule has 0 radical (unpaired) electrons. The Morgan fingerprint density at radius 3 is 1.17 bits per heavy atom. The first kappa shape index (κ1) is 80.3. The van der Waals surface area contributed by atoms with Crippen LogP contribution in [0.25, 0.3) is 0 Å². The first-order valence-corrected chi connectivity index (χ1v) is 36.2. The quantitative estimate of drug-likeness (QED) is 0.0204. The molecule has 2 aliphatic rings. The van der Waals surface area contributed by atoms with Crippen LogP contribution in [0.1, 0.15) is 322 Å². The van der Waals surface area contributed by atoms with E-state index >= 15 is 0 Å². The Morgan fingerprint density at radius 2 is 0.767 bits per heavy atom. The topological polar surface area (TPSA) is 228 Å². The highest BCUT2D eigenvalue weighted by Crippen LogP contribution is 2.30. The van der Waals surface area contributed by atoms with Crippen molar-refractivity contribution < 1.29 is 64.6 Å². The van der Waals surface area contributed by atoms with Gasteiger partial charge in [-0.25, -0.2) is 0 Å². The van der Waals surface area contributed by atoms with Gasteiger partial charge in [0.1, 0.15) is 48.8 Å². The molecule has 2 heterocycles. The Morgan fingerprint density at radius 1 is 0.419 bits per heavy atom. The van der Waals surface area contributed by atoms with Crippen LogP contribution in [0.3, 0.4) is 0 Å². The molecule has 2 rings (SSSR count). The van der Waals surface area contributed by atoms with E-state index in [1.54, 1.807) is 0 Å². The monoisotopic (exact) mass is 1220 g/mol. The molecule has 14 heteroatoms. The first-order chi connectivity index (χ1) is 42.1. The molecule has 0 aliphatic carbocycles. The third-order valence-electron chi connectivity index (χ3n) is 17.9. The van der Waals surface area contributed by atoms with Crippen LogP contribution in [0.15, 0.2) is 36.5 Å². The zero-order valence-electron chi connectivity index (χ0n) is 55.1. The molecule has 0 spiro atoms. The highest BCUT2D eigenvalue weighted by atomic mass is 16.7. The van der Waals surface area contributed by atoms with Crippen molar-refractivity contribution in [3.8, 4) is 0 Å². The van der Waals surface area contributed by atoms with Crippen molar-refractivity contribution in [3.05, 3.63) is 36.5 Å². The van der Waals surface area contributed by atoms with Crippen LogP contribution in [-0.4, -0.2) is 140 Å². The SMILES string of the molecule is CCCCCCC/C=C\C/C=C\C/C=C\CCCCCCCCCCCCCCCCCCCCCCCCC(=O)NC(COC1OC(CO)C(OC2OC(CO)C(O)C(O)C2O)C(O)C1O)C(O)CCCCCCCCCCCCCCCCC. The van der Waals surface area contributed by atoms with E-state index in [4.69, 9.17) is 18.9 Å². The van der Waals surface area contributed by atoms with Gasteiger partial charge in [-0.2, -0.15) is 0 Å². The fourth-order valence-electron chi connectivity index (χ4n) is 12.1. The van der Waals surface area contributed by atoms with Crippen molar-refractivity contribution in [1.82, 2.24) is 5.32 Å². The normalized spacial score (nSPS) is 23.6. The number of aliphatic hydroxyl groups excluding tert-OH is 8. The molecular formula is C72H135NO13. The third-order valence-corrected chi connectivity index (χ3v) is 17.9. The Labute approximate surface area is 525 Å². The smallest absolute Gasteiger partial charge is 0.220 e. The second-order valence-electron chi connectivity index (χ2n) is 25.7. The summed E-state index contributed by atoms with van der Waals surface area (Å²) in [7, 11) is 0. The van der Waals surface area contributed by atoms with Gasteiger partial charge in [0.25, 0.3) is 0 Å². The molecule has 0 aromatic heterocycles. The number of nitrogens with one attached hydrogen (secondary N) is 1. The maximum atomic E-state index is 13.3. The third kappa shape index (κ3) is 40.8. The van der Waals surface area contributed by atoms with Gasteiger partial charge in [0, 0.05) is 6.42 Å². The van der Waals surface area contributed by atoms with Crippen molar-refractivity contribution in [1.29, 1.82) is 0 Å². The molecule has 0 aromatic rings. The Balaban J connectivity index is 1.57. The Kier molecular flexibility index (Phi) is 53.4. The predicted molar refractivity (Wildman–Crippen MR) is 351 cm³/mol. The number of ether oxygens (including phenoxy) is 4. The van der Waals surface area contributed by atoms with E-state index in [0.717, 1.165) is 64.2 Å². The summed E-state index contributed by atoms with van der Waals surface area (Å²) < 4.78 is 22.9. The Hall–Kier alpha value is -1.79. The van der Waals surface area contributed by atoms with E-state index in [1.165, 1.54) is 231 Å². The van der Waals surface area contributed by atoms with Gasteiger partial charge in [-0.15, -0.1) is 0 Å². The van der Waals surface area contributed by atoms with Gasteiger partial charge in [-0.05, 0) is 51.4 Å². The van der Waals surface area contributed by atoms with Gasteiger partial charge in [-0.1, -0.05) is 301 Å². The van der Waals surface area contributed by atoms with Crippen molar-refractivity contribution in [3.63, 3.8) is 0 Å². The summed E-state index contributed by atoms with van der Waals surface area (Å²) in [5.41, 5.74) is 0. The predicted octanol–water partition coefficient (Wildman–Crippen LogP) is 14.9. The average Bonchev–Trinajstić information content (AvgIpc) is 1.83. The summed E-state index contributed by atoms with van der Waals surface area (Å²) >= 11 is 0. The lowest BCUT2D eigenvalue weighted by Crippen LogP contribution is -2.65. The molecule has 0 saturated carbocycles. The van der Waals surface area contributed by atoms with Crippen LogP contribution in [0.4, 0.5) is 0 Å². The van der Waals surface area contributed by atoms with Crippen LogP contribution in [-0.2, 0) is 23.7 Å². The van der Waals surface area contributed by atoms with Gasteiger partial charge < -0.3 is 65.1 Å². The van der Waals surface area contributed by atoms with Crippen LogP contribution < -0.4 is 5.32 Å². The fourth-order valence-corrected chi connectivity index (χ4v) is 12.1. The molecule has 14 nitrogen and oxygen atoms in total. The standard InChI is InChI=1S/C72H135NO13/c1-3-5-7-9-11-13-15-17-19-20-21-22-23-24-25-26-27-28-29-30-31-32-33-34-35-36-37-38-39-40-42-44-46-48-50-52-54-56-64(77)73-60(61(76)55-53-51-49-47-45-43-41-18-16-14-12-10-8-6-4-2)59-83-71-69(82)67(80)70(63(58-75)85-71)86-72-68(81)66(79)65(78)62(57-74)84-72/h15,17,20-21,23-24,60-63,65-72,74-76,78-82H,3-14,16,18-19,22,25-59H2,1-2H3,(H,73,77)/b17-15-,21-20-,24-23-. The largest absolute Gasteiger partial charge is 0.394 e. The average molecular weight is 1220 g/mol. The van der Waals surface area contributed by atoms with Crippen molar-refractivity contribution in [2.45, 2.75) is 396 Å². The summed E-state index contributed by atoms with van der Waals surface area (Å²) in [4.78, 5) is 13.3. The van der Waals surface area contributed by atoms with Gasteiger partial charge >= 0.3 is 0 Å². The molecule has 12 unspecified atom stereocenters. The zero-order chi connectivity index (χ0) is 62.3. The van der Waals surface area contributed by atoms with Gasteiger partial charge in [0.2, 0.25) is 5.91 Å². The minimum atomic E-state index is -1.78. The molecule has 0 aromatic carbocycles. The second-order valence-corrected chi connectivity index (χ2v) is 25.7. The van der Waals surface area contributed by atoms with E-state index in [-0.39, 0.29) is 12.5 Å². The number of aliphatic hydroxyl groups is 8. The zero-order valence-corrected chi connectivity index (χ0v) is 55.1. The number of carbonyl (C=O) groups excluding carboxylic acids is 1. The molecule has 1 amide bonds. The molecule has 2 saturated heterocycles. The van der Waals surface area contributed by atoms with Crippen molar-refractivity contribution in [2.75, 3.05) is 19.8 Å². The lowest BCUT2D eigenvalue weighted by molar-refractivity contribution is -0.359. The summed E-state index contributed by atoms with van der Waals surface area (Å²) in [6, 6.07) is -0.827. The minimum Gasteiger partial charge on any atom is -0.394 e. The number of amides is 1. The number of unbranched alkanes of at least 4 members (excludes halogenated alkanes) is 41. The molecule has 506 valence electrons. The van der Waals surface area contributed by atoms with E-state index in [9.17, 15) is 45.6 Å². The highest BCUT2D eigenvalue weighted by molar-refractivity contribution is 5.76. The van der Waals surface area contributed by atoms with Gasteiger partial charge in [0.15, 0.2) is 12.6 Å². The summed E-state index contributed by atoms with van der Waals surface area (Å²) in [6.45, 7) is 2.88. The molecule has 2 fully saturated rings. The number of hydrogen-bond donors (Lipinski definition) is 9. The van der Waals surface area contributed by atoms with Gasteiger partial charge in [-0.3, -0.25) is 4.79 Å².